The third kappa shape index (κ3) is 2.69. The average molecular weight is 295 g/mol. The monoisotopic (exact) mass is 294 g/mol. The summed E-state index contributed by atoms with van der Waals surface area (Å²) in [5.41, 5.74) is 0.793. The number of benzene rings is 1. The molecule has 0 bridgehead atoms. The van der Waals surface area contributed by atoms with Crippen molar-refractivity contribution in [1.29, 1.82) is 0 Å². The molecule has 0 aliphatic heterocycles. The quantitative estimate of drug-likeness (QED) is 0.804. The number of ether oxygens (including phenoxy) is 2. The molecule has 0 unspecified atom stereocenters. The summed E-state index contributed by atoms with van der Waals surface area (Å²) in [4.78, 5) is 11.4. The maximum atomic E-state index is 12.1. The summed E-state index contributed by atoms with van der Waals surface area (Å²) < 4.78 is 33.1. The molecule has 0 saturated heterocycles. The van der Waals surface area contributed by atoms with E-state index in [4.69, 9.17) is 0 Å². The van der Waals surface area contributed by atoms with Crippen LogP contribution in [0.25, 0.3) is 0 Å². The van der Waals surface area contributed by atoms with E-state index in [-0.39, 0.29) is 15.8 Å². The SMILES string of the molecule is COC(=O)c1c(C)ccc(OC(F)F)c1Br. The molecule has 0 N–H and O–H groups in total. The first-order chi connectivity index (χ1) is 7.47. The summed E-state index contributed by atoms with van der Waals surface area (Å²) in [5.74, 6) is -0.704. The molecule has 3 nitrogen and oxygen atoms in total. The van der Waals surface area contributed by atoms with E-state index < -0.39 is 12.6 Å². The van der Waals surface area contributed by atoms with E-state index in [1.807, 2.05) is 0 Å². The highest BCUT2D eigenvalue weighted by Crippen LogP contribution is 2.32. The fourth-order valence-corrected chi connectivity index (χ4v) is 1.89. The van der Waals surface area contributed by atoms with Crippen LogP contribution in [-0.4, -0.2) is 19.7 Å². The highest BCUT2D eigenvalue weighted by atomic mass is 79.9. The number of aryl methyl sites for hydroxylation is 1. The molecule has 0 spiro atoms. The van der Waals surface area contributed by atoms with E-state index in [0.29, 0.717) is 5.56 Å². The predicted molar refractivity (Wildman–Crippen MR) is 56.9 cm³/mol. The summed E-state index contributed by atoms with van der Waals surface area (Å²) in [6.07, 6.45) is 0. The number of methoxy groups -OCH3 is 1. The first kappa shape index (κ1) is 12.9. The van der Waals surface area contributed by atoms with Crippen LogP contribution in [0.5, 0.6) is 5.75 Å². The van der Waals surface area contributed by atoms with Gasteiger partial charge in [-0.3, -0.25) is 0 Å². The summed E-state index contributed by atoms with van der Waals surface area (Å²) in [5, 5.41) is 0. The minimum Gasteiger partial charge on any atom is -0.465 e. The Balaban J connectivity index is 3.21. The number of esters is 1. The van der Waals surface area contributed by atoms with Gasteiger partial charge < -0.3 is 9.47 Å². The molecule has 0 heterocycles. The lowest BCUT2D eigenvalue weighted by molar-refractivity contribution is -0.0504. The molecule has 1 aromatic carbocycles. The minimum atomic E-state index is -2.94. The van der Waals surface area contributed by atoms with Crippen molar-refractivity contribution in [2.75, 3.05) is 7.11 Å². The predicted octanol–water partition coefficient (Wildman–Crippen LogP) is 3.15. The Kier molecular flexibility index (Phi) is 4.23. The number of rotatable bonds is 3. The van der Waals surface area contributed by atoms with E-state index in [2.05, 4.69) is 25.4 Å². The van der Waals surface area contributed by atoms with Crippen molar-refractivity contribution in [2.24, 2.45) is 0 Å². The molecule has 88 valence electrons. The molecule has 16 heavy (non-hydrogen) atoms. The van der Waals surface area contributed by atoms with Gasteiger partial charge in [0, 0.05) is 0 Å². The summed E-state index contributed by atoms with van der Waals surface area (Å²) in [7, 11) is 1.22. The van der Waals surface area contributed by atoms with E-state index in [0.717, 1.165) is 0 Å². The number of alkyl halides is 2. The fourth-order valence-electron chi connectivity index (χ4n) is 1.19. The van der Waals surface area contributed by atoms with E-state index in [1.165, 1.54) is 19.2 Å². The standard InChI is InChI=1S/C10H9BrF2O3/c1-5-3-4-6(16-10(12)13)8(11)7(5)9(14)15-2/h3-4,10H,1-2H3. The van der Waals surface area contributed by atoms with Crippen molar-refractivity contribution in [1.82, 2.24) is 0 Å². The number of hydrogen-bond donors (Lipinski definition) is 0. The topological polar surface area (TPSA) is 35.5 Å². The molecule has 0 aromatic heterocycles. The van der Waals surface area contributed by atoms with Gasteiger partial charge in [-0.25, -0.2) is 4.79 Å². The largest absolute Gasteiger partial charge is 0.465 e. The molecule has 0 atom stereocenters. The molecule has 0 aliphatic carbocycles. The third-order valence-corrected chi connectivity index (χ3v) is 2.71. The van der Waals surface area contributed by atoms with Gasteiger partial charge in [-0.05, 0) is 34.5 Å². The van der Waals surface area contributed by atoms with Gasteiger partial charge in [-0.1, -0.05) is 6.07 Å². The maximum absolute atomic E-state index is 12.1. The number of halogens is 3. The van der Waals surface area contributed by atoms with Gasteiger partial charge >= 0.3 is 12.6 Å². The molecule has 1 rings (SSSR count). The zero-order chi connectivity index (χ0) is 12.3. The molecule has 0 fully saturated rings. The Morgan fingerprint density at radius 3 is 2.56 bits per heavy atom. The summed E-state index contributed by atoms with van der Waals surface area (Å²) in [6.45, 7) is -1.27. The zero-order valence-corrected chi connectivity index (χ0v) is 10.2. The van der Waals surface area contributed by atoms with Crippen LogP contribution in [0.3, 0.4) is 0 Å². The number of hydrogen-bond acceptors (Lipinski definition) is 3. The highest BCUT2D eigenvalue weighted by molar-refractivity contribution is 9.10. The van der Waals surface area contributed by atoms with Crippen LogP contribution in [0.15, 0.2) is 16.6 Å². The molecular weight excluding hydrogens is 286 g/mol. The van der Waals surface area contributed by atoms with Crippen molar-refractivity contribution >= 4 is 21.9 Å². The van der Waals surface area contributed by atoms with Gasteiger partial charge in [0.1, 0.15) is 5.75 Å². The van der Waals surface area contributed by atoms with Crippen LogP contribution in [0.1, 0.15) is 15.9 Å². The molecule has 0 aliphatic rings. The minimum absolute atomic E-state index is 0.0963. The highest BCUT2D eigenvalue weighted by Gasteiger charge is 2.19. The lowest BCUT2D eigenvalue weighted by Crippen LogP contribution is -2.08. The summed E-state index contributed by atoms with van der Waals surface area (Å²) in [6, 6.07) is 2.87. The van der Waals surface area contributed by atoms with Crippen LogP contribution in [-0.2, 0) is 4.74 Å². The maximum Gasteiger partial charge on any atom is 0.387 e. The number of carbonyl (C=O) groups excluding carboxylic acids is 1. The Morgan fingerprint density at radius 2 is 2.06 bits per heavy atom. The molecule has 1 aromatic rings. The van der Waals surface area contributed by atoms with Gasteiger partial charge in [0.15, 0.2) is 0 Å². The van der Waals surface area contributed by atoms with Gasteiger partial charge in [-0.15, -0.1) is 0 Å². The Bertz CT molecular complexity index is 407. The second-order valence-corrected chi connectivity index (χ2v) is 3.73. The Hall–Kier alpha value is -1.17. The molecule has 0 saturated carbocycles. The lowest BCUT2D eigenvalue weighted by Gasteiger charge is -2.11. The van der Waals surface area contributed by atoms with Crippen molar-refractivity contribution in [3.8, 4) is 5.75 Å². The first-order valence-corrected chi connectivity index (χ1v) is 5.09. The van der Waals surface area contributed by atoms with Crippen LogP contribution in [0.4, 0.5) is 8.78 Å². The smallest absolute Gasteiger partial charge is 0.387 e. The first-order valence-electron chi connectivity index (χ1n) is 4.29. The van der Waals surface area contributed by atoms with E-state index in [9.17, 15) is 13.6 Å². The van der Waals surface area contributed by atoms with Gasteiger partial charge in [0.05, 0.1) is 17.1 Å². The fraction of sp³-hybridized carbons (Fsp3) is 0.300. The zero-order valence-electron chi connectivity index (χ0n) is 8.59. The van der Waals surface area contributed by atoms with Crippen molar-refractivity contribution in [2.45, 2.75) is 13.5 Å². The van der Waals surface area contributed by atoms with Gasteiger partial charge in [0.2, 0.25) is 0 Å². The van der Waals surface area contributed by atoms with Gasteiger partial charge in [0.25, 0.3) is 0 Å². The molecular formula is C10H9BrF2O3. The number of carbonyl (C=O) groups is 1. The lowest BCUT2D eigenvalue weighted by atomic mass is 10.1. The van der Waals surface area contributed by atoms with Crippen LogP contribution in [0, 0.1) is 6.92 Å². The second-order valence-electron chi connectivity index (χ2n) is 2.94. The van der Waals surface area contributed by atoms with Crippen molar-refractivity contribution < 1.29 is 23.0 Å². The van der Waals surface area contributed by atoms with E-state index >= 15 is 0 Å². The van der Waals surface area contributed by atoms with Crippen LogP contribution < -0.4 is 4.74 Å². The second kappa shape index (κ2) is 5.25. The van der Waals surface area contributed by atoms with Crippen molar-refractivity contribution in [3.05, 3.63) is 27.7 Å². The Labute approximate surface area is 99.5 Å². The van der Waals surface area contributed by atoms with Crippen LogP contribution >= 0.6 is 15.9 Å². The Morgan fingerprint density at radius 1 is 1.44 bits per heavy atom. The van der Waals surface area contributed by atoms with Crippen LogP contribution in [0.2, 0.25) is 0 Å². The third-order valence-electron chi connectivity index (χ3n) is 1.92. The summed E-state index contributed by atoms with van der Waals surface area (Å²) >= 11 is 3.04. The normalized spacial score (nSPS) is 10.4. The molecule has 6 heteroatoms. The average Bonchev–Trinajstić information content (AvgIpc) is 2.21. The molecule has 0 amide bonds. The van der Waals surface area contributed by atoms with E-state index in [1.54, 1.807) is 6.92 Å². The molecule has 0 radical (unpaired) electrons. The van der Waals surface area contributed by atoms with Crippen molar-refractivity contribution in [3.63, 3.8) is 0 Å². The van der Waals surface area contributed by atoms with Gasteiger partial charge in [-0.2, -0.15) is 8.78 Å².